The number of aliphatic hydroxyl groups is 1. The molecule has 0 saturated carbocycles. The molecular weight excluding hydrogens is 247 g/mol. The zero-order chi connectivity index (χ0) is 13.8. The Morgan fingerprint density at radius 1 is 1.42 bits per heavy atom. The summed E-state index contributed by atoms with van der Waals surface area (Å²) in [4.78, 5) is 4.06. The maximum atomic E-state index is 13.7. The number of imidazole rings is 1. The molecule has 0 fully saturated rings. The smallest absolute Gasteiger partial charge is 0.165 e. The number of rotatable bonds is 5. The van der Waals surface area contributed by atoms with Crippen molar-refractivity contribution in [1.29, 1.82) is 0 Å². The number of aromatic nitrogens is 2. The number of aliphatic hydroxyl groups excluding tert-OH is 1. The number of ether oxygens (including phenoxy) is 1. The second-order valence-corrected chi connectivity index (χ2v) is 4.56. The first-order chi connectivity index (χ1) is 9.13. The minimum Gasteiger partial charge on any atom is -0.484 e. The van der Waals surface area contributed by atoms with Gasteiger partial charge in [-0.3, -0.25) is 0 Å². The highest BCUT2D eigenvalue weighted by Gasteiger charge is 2.11. The third-order valence-corrected chi connectivity index (χ3v) is 2.89. The number of para-hydroxylation sites is 1. The molecule has 19 heavy (non-hydrogen) atoms. The fraction of sp³-hybridized carbons (Fsp3) is 0.357. The molecule has 1 aromatic heterocycles. The molecule has 4 nitrogen and oxygen atoms in total. The topological polar surface area (TPSA) is 47.3 Å². The summed E-state index contributed by atoms with van der Waals surface area (Å²) < 4.78 is 21.1. The van der Waals surface area contributed by atoms with Crippen molar-refractivity contribution in [3.05, 3.63) is 47.8 Å². The van der Waals surface area contributed by atoms with Gasteiger partial charge in [0.1, 0.15) is 6.61 Å². The second kappa shape index (κ2) is 5.84. The van der Waals surface area contributed by atoms with Crippen molar-refractivity contribution in [2.75, 3.05) is 0 Å². The Balaban J connectivity index is 2.17. The Hall–Kier alpha value is -1.88. The van der Waals surface area contributed by atoms with Gasteiger partial charge in [-0.05, 0) is 19.9 Å². The van der Waals surface area contributed by atoms with Crippen molar-refractivity contribution in [3.8, 4) is 5.75 Å². The fourth-order valence-electron chi connectivity index (χ4n) is 1.89. The molecule has 2 rings (SSSR count). The number of hydrogen-bond donors (Lipinski definition) is 1. The average Bonchev–Trinajstić information content (AvgIpc) is 2.85. The van der Waals surface area contributed by atoms with E-state index in [0.717, 1.165) is 5.69 Å². The lowest BCUT2D eigenvalue weighted by molar-refractivity contribution is 0.246. The van der Waals surface area contributed by atoms with Crippen LogP contribution in [0, 0.1) is 5.82 Å². The van der Waals surface area contributed by atoms with E-state index < -0.39 is 5.82 Å². The van der Waals surface area contributed by atoms with Crippen LogP contribution in [-0.2, 0) is 13.2 Å². The summed E-state index contributed by atoms with van der Waals surface area (Å²) in [6, 6.07) is 4.76. The number of hydrogen-bond acceptors (Lipinski definition) is 3. The fourth-order valence-corrected chi connectivity index (χ4v) is 1.89. The molecule has 0 bridgehead atoms. The van der Waals surface area contributed by atoms with E-state index in [9.17, 15) is 9.50 Å². The Kier molecular flexibility index (Phi) is 4.16. The number of nitrogens with zero attached hydrogens (tertiary/aromatic N) is 2. The molecule has 1 N–H and O–H groups in total. The summed E-state index contributed by atoms with van der Waals surface area (Å²) in [5, 5.41) is 9.18. The molecule has 0 unspecified atom stereocenters. The zero-order valence-corrected chi connectivity index (χ0v) is 11.0. The zero-order valence-electron chi connectivity index (χ0n) is 11.0. The summed E-state index contributed by atoms with van der Waals surface area (Å²) in [5.74, 6) is -0.372. The van der Waals surface area contributed by atoms with E-state index >= 15 is 0 Å². The van der Waals surface area contributed by atoms with E-state index in [-0.39, 0.29) is 25.0 Å². The minimum absolute atomic E-state index is 0.0986. The first-order valence-electron chi connectivity index (χ1n) is 6.15. The molecule has 0 spiro atoms. The molecule has 0 atom stereocenters. The predicted octanol–water partition coefficient (Wildman–Crippen LogP) is 2.67. The standard InChI is InChI=1S/C14H17FN2O2/c1-10(2)17-9-16-6-12(17)8-19-14-11(7-18)4-3-5-13(14)15/h3-6,9-10,18H,7-8H2,1-2H3. The summed E-state index contributed by atoms with van der Waals surface area (Å²) in [6.45, 7) is 4.03. The quantitative estimate of drug-likeness (QED) is 0.903. The lowest BCUT2D eigenvalue weighted by atomic mass is 10.2. The van der Waals surface area contributed by atoms with Gasteiger partial charge in [0.05, 0.1) is 24.8 Å². The van der Waals surface area contributed by atoms with E-state index in [1.54, 1.807) is 24.7 Å². The van der Waals surface area contributed by atoms with Crippen LogP contribution in [0.1, 0.15) is 31.1 Å². The first-order valence-corrected chi connectivity index (χ1v) is 6.15. The summed E-state index contributed by atoms with van der Waals surface area (Å²) >= 11 is 0. The maximum absolute atomic E-state index is 13.7. The normalized spacial score (nSPS) is 11.0. The molecule has 0 aliphatic rings. The molecule has 1 heterocycles. The summed E-state index contributed by atoms with van der Waals surface area (Å²) in [7, 11) is 0. The Morgan fingerprint density at radius 2 is 2.21 bits per heavy atom. The molecule has 0 amide bonds. The van der Waals surface area contributed by atoms with Crippen LogP contribution >= 0.6 is 0 Å². The van der Waals surface area contributed by atoms with E-state index in [2.05, 4.69) is 4.98 Å². The van der Waals surface area contributed by atoms with Crippen LogP contribution in [0.4, 0.5) is 4.39 Å². The van der Waals surface area contributed by atoms with Crippen LogP contribution < -0.4 is 4.74 Å². The van der Waals surface area contributed by atoms with Gasteiger partial charge in [0.25, 0.3) is 0 Å². The third kappa shape index (κ3) is 2.93. The van der Waals surface area contributed by atoms with E-state index in [1.165, 1.54) is 6.07 Å². The van der Waals surface area contributed by atoms with E-state index in [4.69, 9.17) is 4.74 Å². The molecule has 2 aromatic rings. The van der Waals surface area contributed by atoms with Gasteiger partial charge < -0.3 is 14.4 Å². The molecule has 0 aliphatic heterocycles. The second-order valence-electron chi connectivity index (χ2n) is 4.56. The lowest BCUT2D eigenvalue weighted by Gasteiger charge is -2.14. The highest BCUT2D eigenvalue weighted by atomic mass is 19.1. The van der Waals surface area contributed by atoms with Gasteiger partial charge in [-0.25, -0.2) is 9.37 Å². The van der Waals surface area contributed by atoms with Crippen molar-refractivity contribution in [3.63, 3.8) is 0 Å². The molecule has 5 heteroatoms. The summed E-state index contributed by atoms with van der Waals surface area (Å²) in [5.41, 5.74) is 1.30. The number of halogens is 1. The van der Waals surface area contributed by atoms with Gasteiger partial charge in [0.15, 0.2) is 11.6 Å². The third-order valence-electron chi connectivity index (χ3n) is 2.89. The Labute approximate surface area is 111 Å². The van der Waals surface area contributed by atoms with Crippen molar-refractivity contribution in [1.82, 2.24) is 9.55 Å². The van der Waals surface area contributed by atoms with Crippen molar-refractivity contribution >= 4 is 0 Å². The monoisotopic (exact) mass is 264 g/mol. The minimum atomic E-state index is -0.470. The van der Waals surface area contributed by atoms with Crippen LogP contribution in [0.3, 0.4) is 0 Å². The SMILES string of the molecule is CC(C)n1cncc1COc1c(F)cccc1CO. The van der Waals surface area contributed by atoms with Crippen molar-refractivity contribution in [2.24, 2.45) is 0 Å². The predicted molar refractivity (Wildman–Crippen MR) is 69.3 cm³/mol. The van der Waals surface area contributed by atoms with Crippen LogP contribution in [0.15, 0.2) is 30.7 Å². The van der Waals surface area contributed by atoms with E-state index in [1.807, 2.05) is 18.4 Å². The number of benzene rings is 1. The summed E-state index contributed by atoms with van der Waals surface area (Å²) in [6.07, 6.45) is 3.41. The molecule has 1 aromatic carbocycles. The highest BCUT2D eigenvalue weighted by molar-refractivity contribution is 5.34. The first kappa shape index (κ1) is 13.5. The molecule has 102 valence electrons. The molecule has 0 radical (unpaired) electrons. The largest absolute Gasteiger partial charge is 0.484 e. The lowest BCUT2D eigenvalue weighted by Crippen LogP contribution is -2.08. The van der Waals surface area contributed by atoms with Gasteiger partial charge in [-0.1, -0.05) is 12.1 Å². The van der Waals surface area contributed by atoms with Gasteiger partial charge in [0, 0.05) is 11.6 Å². The van der Waals surface area contributed by atoms with Gasteiger partial charge in [-0.15, -0.1) is 0 Å². The molecule has 0 saturated heterocycles. The van der Waals surface area contributed by atoms with Crippen molar-refractivity contribution in [2.45, 2.75) is 33.1 Å². The van der Waals surface area contributed by atoms with E-state index in [0.29, 0.717) is 5.56 Å². The Bertz CT molecular complexity index is 552. The van der Waals surface area contributed by atoms with Gasteiger partial charge in [-0.2, -0.15) is 0 Å². The van der Waals surface area contributed by atoms with Crippen molar-refractivity contribution < 1.29 is 14.2 Å². The maximum Gasteiger partial charge on any atom is 0.165 e. The molecule has 0 aliphatic carbocycles. The van der Waals surface area contributed by atoms with Gasteiger partial charge >= 0.3 is 0 Å². The van der Waals surface area contributed by atoms with Crippen LogP contribution in [-0.4, -0.2) is 14.7 Å². The Morgan fingerprint density at radius 3 is 2.89 bits per heavy atom. The van der Waals surface area contributed by atoms with Crippen LogP contribution in [0.5, 0.6) is 5.75 Å². The average molecular weight is 264 g/mol. The van der Waals surface area contributed by atoms with Gasteiger partial charge in [0.2, 0.25) is 0 Å². The molecular formula is C14H17FN2O2. The van der Waals surface area contributed by atoms with Crippen LogP contribution in [0.2, 0.25) is 0 Å². The highest BCUT2D eigenvalue weighted by Crippen LogP contribution is 2.24. The van der Waals surface area contributed by atoms with Crippen LogP contribution in [0.25, 0.3) is 0 Å².